The summed E-state index contributed by atoms with van der Waals surface area (Å²) in [6, 6.07) is 61.9. The van der Waals surface area contributed by atoms with Crippen molar-refractivity contribution in [1.82, 2.24) is 19.5 Å². The summed E-state index contributed by atoms with van der Waals surface area (Å²) in [5, 5.41) is 21.4. The van der Waals surface area contributed by atoms with E-state index in [9.17, 15) is 10.5 Å². The van der Waals surface area contributed by atoms with Gasteiger partial charge in [-0.3, -0.25) is 4.57 Å². The number of hydrogen-bond donors (Lipinski definition) is 0. The smallest absolute Gasteiger partial charge is 0.328 e. The van der Waals surface area contributed by atoms with Crippen molar-refractivity contribution in [2.45, 2.75) is 0 Å². The fraction of sp³-hybridized carbons (Fsp3) is 0. The lowest BCUT2D eigenvalue weighted by Gasteiger charge is -2.39. The highest BCUT2D eigenvalue weighted by molar-refractivity contribution is 6.90. The molecule has 0 aliphatic carbocycles. The largest absolute Gasteiger partial charge is 0.376 e. The SMILES string of the molecule is N#Cc1cccc(-c2nc(-c3cccc(N4B(c5ccccc5)c5ccccc5-c5ccccc54)c3)nc(-n3c4ccccc4c4cc(C#N)ccc43)n2)c1. The molecule has 55 heavy (non-hydrogen) atoms. The standard InChI is InChI=1S/C47H28BN7/c49-29-31-12-10-13-33(26-31)45-51-46(53-47(52-45)54-42-22-8-5-20-39(42)40-27-32(30-50)24-25-43(40)54)34-14-11-17-36(28-34)55-44-23-9-6-19-38(44)37-18-4-7-21-41(37)48(55)35-15-2-1-3-16-35/h1-28H. The van der Waals surface area contributed by atoms with Gasteiger partial charge in [0.15, 0.2) is 11.6 Å². The van der Waals surface area contributed by atoms with Crippen LogP contribution in [-0.4, -0.2) is 26.4 Å². The lowest BCUT2D eigenvalue weighted by Crippen LogP contribution is -2.57. The molecule has 7 aromatic carbocycles. The Balaban J connectivity index is 1.20. The van der Waals surface area contributed by atoms with E-state index in [0.717, 1.165) is 38.7 Å². The predicted molar refractivity (Wildman–Crippen MR) is 220 cm³/mol. The van der Waals surface area contributed by atoms with Crippen LogP contribution in [0.3, 0.4) is 0 Å². The highest BCUT2D eigenvalue weighted by atomic mass is 15.2. The fourth-order valence-corrected chi connectivity index (χ4v) is 7.93. The van der Waals surface area contributed by atoms with E-state index in [1.807, 2.05) is 59.2 Å². The molecule has 0 fully saturated rings. The van der Waals surface area contributed by atoms with Gasteiger partial charge in [0.25, 0.3) is 0 Å². The van der Waals surface area contributed by atoms with Gasteiger partial charge in [0.2, 0.25) is 5.95 Å². The summed E-state index contributed by atoms with van der Waals surface area (Å²) in [6.07, 6.45) is 0. The number of benzene rings is 7. The second-order valence-electron chi connectivity index (χ2n) is 13.5. The Morgan fingerprint density at radius 2 is 1.15 bits per heavy atom. The zero-order valence-electron chi connectivity index (χ0n) is 29.4. The molecule has 254 valence electrons. The van der Waals surface area contributed by atoms with Crippen LogP contribution in [0.5, 0.6) is 0 Å². The van der Waals surface area contributed by atoms with Crippen molar-refractivity contribution in [3.63, 3.8) is 0 Å². The molecule has 0 atom stereocenters. The zero-order chi connectivity index (χ0) is 36.9. The molecule has 0 N–H and O–H groups in total. The van der Waals surface area contributed by atoms with Crippen LogP contribution < -0.4 is 15.7 Å². The van der Waals surface area contributed by atoms with Crippen molar-refractivity contribution in [1.29, 1.82) is 10.5 Å². The van der Waals surface area contributed by atoms with Crippen LogP contribution in [0.4, 0.5) is 11.4 Å². The molecule has 1 aliphatic rings. The summed E-state index contributed by atoms with van der Waals surface area (Å²) in [4.78, 5) is 17.8. The quantitative estimate of drug-likeness (QED) is 0.166. The van der Waals surface area contributed by atoms with Crippen molar-refractivity contribution in [2.75, 3.05) is 4.81 Å². The third-order valence-corrected chi connectivity index (χ3v) is 10.3. The minimum atomic E-state index is -0.0864. The summed E-state index contributed by atoms with van der Waals surface area (Å²) in [7, 11) is 0. The lowest BCUT2D eigenvalue weighted by atomic mass is 9.46. The predicted octanol–water partition coefficient (Wildman–Crippen LogP) is 8.97. The van der Waals surface area contributed by atoms with E-state index in [2.05, 4.69) is 120 Å². The van der Waals surface area contributed by atoms with Crippen molar-refractivity contribution >= 4 is 51.0 Å². The summed E-state index contributed by atoms with van der Waals surface area (Å²) in [6.45, 7) is -0.0864. The molecule has 0 saturated heterocycles. The molecule has 9 aromatic rings. The monoisotopic (exact) mass is 701 g/mol. The van der Waals surface area contributed by atoms with Crippen LogP contribution in [0.1, 0.15) is 11.1 Å². The third kappa shape index (κ3) is 5.32. The van der Waals surface area contributed by atoms with Gasteiger partial charge < -0.3 is 4.81 Å². The Labute approximate surface area is 317 Å². The van der Waals surface area contributed by atoms with Crippen LogP contribution in [0, 0.1) is 22.7 Å². The molecule has 2 aromatic heterocycles. The van der Waals surface area contributed by atoms with E-state index in [0.29, 0.717) is 34.3 Å². The van der Waals surface area contributed by atoms with Gasteiger partial charge in [-0.15, -0.1) is 0 Å². The van der Waals surface area contributed by atoms with Crippen LogP contribution in [0.25, 0.3) is 61.7 Å². The van der Waals surface area contributed by atoms with E-state index in [-0.39, 0.29) is 6.85 Å². The van der Waals surface area contributed by atoms with Gasteiger partial charge in [-0.2, -0.15) is 20.5 Å². The number of fused-ring (bicyclic) bond motifs is 6. The maximum atomic E-state index is 9.78. The Hall–Kier alpha value is -7.81. The molecule has 8 heteroatoms. The number of nitriles is 2. The highest BCUT2D eigenvalue weighted by Gasteiger charge is 2.36. The van der Waals surface area contributed by atoms with E-state index in [1.165, 1.54) is 22.1 Å². The first-order valence-corrected chi connectivity index (χ1v) is 18.0. The molecular weight excluding hydrogens is 673 g/mol. The number of hydrogen-bond acceptors (Lipinski definition) is 6. The van der Waals surface area contributed by atoms with Crippen molar-refractivity contribution in [3.05, 3.63) is 181 Å². The summed E-state index contributed by atoms with van der Waals surface area (Å²) >= 11 is 0. The average molecular weight is 702 g/mol. The molecule has 0 saturated carbocycles. The third-order valence-electron chi connectivity index (χ3n) is 10.3. The molecule has 10 rings (SSSR count). The lowest BCUT2D eigenvalue weighted by molar-refractivity contribution is 0.953. The highest BCUT2D eigenvalue weighted by Crippen LogP contribution is 2.40. The molecule has 7 nitrogen and oxygen atoms in total. The number of para-hydroxylation sites is 2. The van der Waals surface area contributed by atoms with E-state index < -0.39 is 0 Å². The Morgan fingerprint density at radius 1 is 0.491 bits per heavy atom. The molecule has 0 unspecified atom stereocenters. The van der Waals surface area contributed by atoms with E-state index in [4.69, 9.17) is 15.0 Å². The second kappa shape index (κ2) is 13.0. The molecule has 0 spiro atoms. The first kappa shape index (κ1) is 31.9. The summed E-state index contributed by atoms with van der Waals surface area (Å²) < 4.78 is 2.03. The Morgan fingerprint density at radius 3 is 1.96 bits per heavy atom. The first-order chi connectivity index (χ1) is 27.2. The number of aromatic nitrogens is 4. The molecular formula is C47H28BN7. The van der Waals surface area contributed by atoms with E-state index >= 15 is 0 Å². The van der Waals surface area contributed by atoms with Crippen molar-refractivity contribution in [2.24, 2.45) is 0 Å². The number of anilines is 2. The molecule has 0 radical (unpaired) electrons. The molecule has 0 bridgehead atoms. The molecule has 0 amide bonds. The number of rotatable bonds is 5. The van der Waals surface area contributed by atoms with Gasteiger partial charge in [-0.05, 0) is 65.6 Å². The number of nitrogens with zero attached hydrogens (tertiary/aromatic N) is 7. The van der Waals surface area contributed by atoms with E-state index in [1.54, 1.807) is 12.1 Å². The average Bonchev–Trinajstić information content (AvgIpc) is 3.59. The Bertz CT molecular complexity index is 3050. The van der Waals surface area contributed by atoms with Crippen LogP contribution in [0.15, 0.2) is 170 Å². The fourth-order valence-electron chi connectivity index (χ4n) is 7.93. The van der Waals surface area contributed by atoms with Gasteiger partial charge >= 0.3 is 6.85 Å². The van der Waals surface area contributed by atoms with Gasteiger partial charge in [-0.25, -0.2) is 4.98 Å². The molecule has 1 aliphatic heterocycles. The zero-order valence-corrected chi connectivity index (χ0v) is 29.4. The minimum absolute atomic E-state index is 0.0864. The maximum Gasteiger partial charge on any atom is 0.328 e. The maximum absolute atomic E-state index is 9.78. The summed E-state index contributed by atoms with van der Waals surface area (Å²) in [5.41, 5.74) is 11.3. The van der Waals surface area contributed by atoms with Crippen LogP contribution in [0.2, 0.25) is 0 Å². The van der Waals surface area contributed by atoms with Crippen LogP contribution >= 0.6 is 0 Å². The second-order valence-corrected chi connectivity index (χ2v) is 13.5. The van der Waals surface area contributed by atoms with Crippen LogP contribution in [-0.2, 0) is 0 Å². The van der Waals surface area contributed by atoms with Gasteiger partial charge in [0.05, 0.1) is 34.3 Å². The first-order valence-electron chi connectivity index (χ1n) is 18.0. The van der Waals surface area contributed by atoms with Gasteiger partial charge in [0.1, 0.15) is 0 Å². The van der Waals surface area contributed by atoms with Crippen molar-refractivity contribution in [3.8, 4) is 52.0 Å². The molecule has 3 heterocycles. The van der Waals surface area contributed by atoms with Gasteiger partial charge in [-0.1, -0.05) is 121 Å². The Kier molecular flexibility index (Phi) is 7.54. The minimum Gasteiger partial charge on any atom is -0.376 e. The normalized spacial score (nSPS) is 11.9. The van der Waals surface area contributed by atoms with Gasteiger partial charge in [0, 0.05) is 38.8 Å². The topological polar surface area (TPSA) is 94.4 Å². The summed E-state index contributed by atoms with van der Waals surface area (Å²) in [5.74, 6) is 1.37. The van der Waals surface area contributed by atoms with Crippen molar-refractivity contribution < 1.29 is 0 Å².